The van der Waals surface area contributed by atoms with E-state index in [1.807, 2.05) is 22.6 Å². The van der Waals surface area contributed by atoms with Crippen molar-refractivity contribution >= 4 is 39.7 Å². The van der Waals surface area contributed by atoms with Crippen LogP contribution in [0.5, 0.6) is 0 Å². The maximum absolute atomic E-state index is 13.2. The number of halogens is 5. The van der Waals surface area contributed by atoms with E-state index in [1.165, 1.54) is 6.07 Å². The fourth-order valence-electron chi connectivity index (χ4n) is 1.61. The highest BCUT2D eigenvalue weighted by Crippen LogP contribution is 2.34. The smallest absolute Gasteiger partial charge is 0.399 e. The fraction of sp³-hybridized carbons (Fsp3) is 0.0769. The number of anilines is 3. The van der Waals surface area contributed by atoms with E-state index < -0.39 is 17.6 Å². The minimum Gasteiger partial charge on any atom is -0.399 e. The lowest BCUT2D eigenvalue weighted by molar-refractivity contribution is -0.139. The van der Waals surface area contributed by atoms with Gasteiger partial charge in [-0.3, -0.25) is 0 Å². The van der Waals surface area contributed by atoms with E-state index in [2.05, 4.69) is 5.32 Å². The zero-order valence-corrected chi connectivity index (χ0v) is 12.1. The summed E-state index contributed by atoms with van der Waals surface area (Å²) in [7, 11) is 0. The molecule has 0 bridgehead atoms. The standard InChI is InChI=1S/C13H9F4IN2/c14-10-3-2-8(6-9(10)13(15,16)17)20-12-4-1-7(19)5-11(12)18/h1-6,20H,19H2. The molecule has 0 aliphatic rings. The van der Waals surface area contributed by atoms with Crippen LogP contribution in [0.1, 0.15) is 5.56 Å². The Hall–Kier alpha value is -1.51. The van der Waals surface area contributed by atoms with Gasteiger partial charge in [-0.15, -0.1) is 0 Å². The largest absolute Gasteiger partial charge is 0.419 e. The van der Waals surface area contributed by atoms with Crippen LogP contribution in [-0.4, -0.2) is 0 Å². The summed E-state index contributed by atoms with van der Waals surface area (Å²) >= 11 is 2.01. The van der Waals surface area contributed by atoms with E-state index in [0.29, 0.717) is 11.4 Å². The molecular weight excluding hydrogens is 387 g/mol. The molecule has 20 heavy (non-hydrogen) atoms. The van der Waals surface area contributed by atoms with Crippen molar-refractivity contribution in [3.63, 3.8) is 0 Å². The van der Waals surface area contributed by atoms with Crippen LogP contribution in [0.4, 0.5) is 34.6 Å². The first kappa shape index (κ1) is 14.9. The van der Waals surface area contributed by atoms with E-state index in [-0.39, 0.29) is 5.69 Å². The molecule has 0 amide bonds. The summed E-state index contributed by atoms with van der Waals surface area (Å²) in [6.45, 7) is 0. The highest BCUT2D eigenvalue weighted by molar-refractivity contribution is 14.1. The molecule has 3 N–H and O–H groups in total. The zero-order chi connectivity index (χ0) is 14.9. The molecular formula is C13H9F4IN2. The van der Waals surface area contributed by atoms with Crippen LogP contribution in [0.15, 0.2) is 36.4 Å². The highest BCUT2D eigenvalue weighted by Gasteiger charge is 2.34. The van der Waals surface area contributed by atoms with Crippen molar-refractivity contribution in [2.45, 2.75) is 6.18 Å². The van der Waals surface area contributed by atoms with Gasteiger partial charge in [0.2, 0.25) is 0 Å². The first-order valence-corrected chi connectivity index (χ1v) is 6.54. The molecule has 2 rings (SSSR count). The Morgan fingerprint density at radius 3 is 2.35 bits per heavy atom. The van der Waals surface area contributed by atoms with Gasteiger partial charge in [0.05, 0.1) is 11.3 Å². The summed E-state index contributed by atoms with van der Waals surface area (Å²) in [5.41, 5.74) is 5.59. The molecule has 0 unspecified atom stereocenters. The van der Waals surface area contributed by atoms with Crippen molar-refractivity contribution < 1.29 is 17.6 Å². The van der Waals surface area contributed by atoms with Crippen molar-refractivity contribution in [2.75, 3.05) is 11.1 Å². The van der Waals surface area contributed by atoms with Gasteiger partial charge in [0.25, 0.3) is 0 Å². The van der Waals surface area contributed by atoms with Crippen LogP contribution in [0.3, 0.4) is 0 Å². The van der Waals surface area contributed by atoms with E-state index in [0.717, 1.165) is 15.7 Å². The maximum atomic E-state index is 13.2. The summed E-state index contributed by atoms with van der Waals surface area (Å²) in [5.74, 6) is -1.30. The topological polar surface area (TPSA) is 38.0 Å². The third-order valence-corrected chi connectivity index (χ3v) is 3.44. The Morgan fingerprint density at radius 2 is 1.75 bits per heavy atom. The third-order valence-electron chi connectivity index (χ3n) is 2.54. The Balaban J connectivity index is 2.35. The van der Waals surface area contributed by atoms with Crippen molar-refractivity contribution in [1.29, 1.82) is 0 Å². The van der Waals surface area contributed by atoms with Crippen molar-refractivity contribution in [2.24, 2.45) is 0 Å². The van der Waals surface area contributed by atoms with Gasteiger partial charge in [-0.1, -0.05) is 0 Å². The van der Waals surface area contributed by atoms with E-state index >= 15 is 0 Å². The molecule has 0 radical (unpaired) electrons. The average molecular weight is 396 g/mol. The normalized spacial score (nSPS) is 11.4. The molecule has 0 saturated heterocycles. The highest BCUT2D eigenvalue weighted by atomic mass is 127. The van der Waals surface area contributed by atoms with Gasteiger partial charge in [-0.25, -0.2) is 4.39 Å². The van der Waals surface area contributed by atoms with Gasteiger partial charge < -0.3 is 11.1 Å². The van der Waals surface area contributed by atoms with Gasteiger partial charge in [0.1, 0.15) is 5.82 Å². The molecule has 0 heterocycles. The number of nitrogen functional groups attached to an aromatic ring is 1. The molecule has 0 aliphatic carbocycles. The maximum Gasteiger partial charge on any atom is 0.419 e. The van der Waals surface area contributed by atoms with Gasteiger partial charge in [0.15, 0.2) is 0 Å². The van der Waals surface area contributed by atoms with Crippen LogP contribution in [0.25, 0.3) is 0 Å². The SMILES string of the molecule is Nc1ccc(Nc2ccc(F)c(C(F)(F)F)c2)c(I)c1. The lowest BCUT2D eigenvalue weighted by Gasteiger charge is -2.13. The predicted octanol–water partition coefficient (Wildman–Crippen LogP) is 4.77. The monoisotopic (exact) mass is 396 g/mol. The van der Waals surface area contributed by atoms with Crippen LogP contribution < -0.4 is 11.1 Å². The molecule has 0 fully saturated rings. The van der Waals surface area contributed by atoms with Crippen LogP contribution in [0.2, 0.25) is 0 Å². The molecule has 0 aromatic heterocycles. The average Bonchev–Trinajstić information content (AvgIpc) is 2.33. The van der Waals surface area contributed by atoms with Gasteiger partial charge in [-0.2, -0.15) is 13.2 Å². The van der Waals surface area contributed by atoms with Crippen molar-refractivity contribution in [1.82, 2.24) is 0 Å². The Bertz CT molecular complexity index is 641. The summed E-state index contributed by atoms with van der Waals surface area (Å²) < 4.78 is 51.8. The Kier molecular flexibility index (Phi) is 4.07. The van der Waals surface area contributed by atoms with E-state index in [1.54, 1.807) is 18.2 Å². The minimum atomic E-state index is -4.73. The number of rotatable bonds is 2. The molecule has 0 aliphatic heterocycles. The van der Waals surface area contributed by atoms with Crippen molar-refractivity contribution in [3.8, 4) is 0 Å². The van der Waals surface area contributed by atoms with Gasteiger partial charge >= 0.3 is 6.18 Å². The molecule has 2 nitrogen and oxygen atoms in total. The molecule has 106 valence electrons. The summed E-state index contributed by atoms with van der Waals surface area (Å²) in [4.78, 5) is 0. The van der Waals surface area contributed by atoms with Crippen LogP contribution in [0, 0.1) is 9.39 Å². The van der Waals surface area contributed by atoms with Crippen LogP contribution >= 0.6 is 22.6 Å². The second-order valence-corrected chi connectivity index (χ2v) is 5.22. The quantitative estimate of drug-likeness (QED) is 0.436. The summed E-state index contributed by atoms with van der Waals surface area (Å²) in [6.07, 6.45) is -4.73. The fourth-order valence-corrected chi connectivity index (χ4v) is 2.28. The predicted molar refractivity (Wildman–Crippen MR) is 78.3 cm³/mol. The number of nitrogens with one attached hydrogen (secondary N) is 1. The number of nitrogens with two attached hydrogens (primary N) is 1. The second-order valence-electron chi connectivity index (χ2n) is 4.06. The number of hydrogen-bond donors (Lipinski definition) is 2. The van der Waals surface area contributed by atoms with Crippen LogP contribution in [-0.2, 0) is 6.18 Å². The minimum absolute atomic E-state index is 0.154. The number of alkyl halides is 3. The van der Waals surface area contributed by atoms with E-state index in [4.69, 9.17) is 5.73 Å². The zero-order valence-electron chi connectivity index (χ0n) is 9.93. The molecule has 0 saturated carbocycles. The molecule has 7 heteroatoms. The Morgan fingerprint density at radius 1 is 1.05 bits per heavy atom. The first-order valence-electron chi connectivity index (χ1n) is 5.46. The van der Waals surface area contributed by atoms with Crippen molar-refractivity contribution in [3.05, 3.63) is 51.3 Å². The molecule has 0 atom stereocenters. The molecule has 0 spiro atoms. The second kappa shape index (κ2) is 5.47. The Labute approximate surface area is 126 Å². The molecule has 2 aromatic carbocycles. The summed E-state index contributed by atoms with van der Waals surface area (Å²) in [6, 6.07) is 7.72. The number of benzene rings is 2. The first-order chi connectivity index (χ1) is 9.27. The summed E-state index contributed by atoms with van der Waals surface area (Å²) in [5, 5.41) is 2.81. The van der Waals surface area contributed by atoms with E-state index in [9.17, 15) is 17.6 Å². The number of hydrogen-bond acceptors (Lipinski definition) is 2. The lowest BCUT2D eigenvalue weighted by atomic mass is 10.1. The van der Waals surface area contributed by atoms with Gasteiger partial charge in [-0.05, 0) is 59.0 Å². The lowest BCUT2D eigenvalue weighted by Crippen LogP contribution is -2.08. The molecule has 2 aromatic rings. The van der Waals surface area contributed by atoms with Gasteiger partial charge in [0, 0.05) is 14.9 Å². The third kappa shape index (κ3) is 3.33.